The number of likely N-dealkylation sites (tertiary alicyclic amines) is 1. The van der Waals surface area contributed by atoms with E-state index in [4.69, 9.17) is 25.8 Å². The van der Waals surface area contributed by atoms with Crippen molar-refractivity contribution in [1.82, 2.24) is 4.90 Å². The van der Waals surface area contributed by atoms with Gasteiger partial charge >= 0.3 is 0 Å². The summed E-state index contributed by atoms with van der Waals surface area (Å²) in [7, 11) is 0. The van der Waals surface area contributed by atoms with Gasteiger partial charge in [-0.3, -0.25) is 4.79 Å². The molecule has 3 N–H and O–H groups in total. The van der Waals surface area contributed by atoms with Crippen molar-refractivity contribution >= 4 is 17.5 Å². The minimum atomic E-state index is -1.87. The third-order valence-corrected chi connectivity index (χ3v) is 7.74. The lowest BCUT2D eigenvalue weighted by Crippen LogP contribution is -2.55. The van der Waals surface area contributed by atoms with Gasteiger partial charge in [0.2, 0.25) is 0 Å². The molecule has 2 aliphatic heterocycles. The number of rotatable bonds is 9. The van der Waals surface area contributed by atoms with Crippen molar-refractivity contribution in [2.24, 2.45) is 0 Å². The van der Waals surface area contributed by atoms with Crippen LogP contribution in [0.4, 0.5) is 0 Å². The van der Waals surface area contributed by atoms with Gasteiger partial charge in [-0.1, -0.05) is 35.9 Å². The Morgan fingerprint density at radius 2 is 1.82 bits per heavy atom. The smallest absolute Gasteiger partial charge is 0.253 e. The largest absolute Gasteiger partial charge is 0.494 e. The molecule has 3 aromatic carbocycles. The molecule has 0 spiro atoms. The van der Waals surface area contributed by atoms with E-state index in [1.54, 1.807) is 47.4 Å². The number of carbonyl (C=O) groups is 1. The second-order valence-corrected chi connectivity index (χ2v) is 10.7. The lowest BCUT2D eigenvalue weighted by molar-refractivity contribution is -0.312. The standard InChI is InChI=1S/C31H34ClNO7/c1-2-38-24-10-7-20(8-11-24)15-22-16-23(9-12-26(22)32)31(37)18-27(34)29(35)28(40-31)19-39-25-6-3-5-21(17-25)30(36)33-13-4-14-33/h3,5-12,16-17,27-29,34-35,37H,2,4,13-15,18-19H2,1H3/t27-,28-,29+,31+/m1/s1. The zero-order valence-electron chi connectivity index (χ0n) is 22.3. The highest BCUT2D eigenvalue weighted by atomic mass is 35.5. The molecule has 2 aliphatic rings. The minimum absolute atomic E-state index is 0.0563. The van der Waals surface area contributed by atoms with Crippen molar-refractivity contribution in [1.29, 1.82) is 0 Å². The third-order valence-electron chi connectivity index (χ3n) is 7.37. The summed E-state index contributed by atoms with van der Waals surface area (Å²) in [5, 5.41) is 33.4. The highest BCUT2D eigenvalue weighted by molar-refractivity contribution is 6.31. The maximum absolute atomic E-state index is 12.6. The van der Waals surface area contributed by atoms with Crippen molar-refractivity contribution in [3.05, 3.63) is 94.0 Å². The van der Waals surface area contributed by atoms with Crippen LogP contribution < -0.4 is 9.47 Å². The molecule has 40 heavy (non-hydrogen) atoms. The average molecular weight is 568 g/mol. The normalized spacial score (nSPS) is 24.3. The number of halogens is 1. The number of benzene rings is 3. The summed E-state index contributed by atoms with van der Waals surface area (Å²) >= 11 is 6.49. The Bertz CT molecular complexity index is 1330. The van der Waals surface area contributed by atoms with Gasteiger partial charge in [-0.15, -0.1) is 0 Å². The Kier molecular flexibility index (Phi) is 8.63. The van der Waals surface area contributed by atoms with Crippen LogP contribution in [0.2, 0.25) is 5.02 Å². The van der Waals surface area contributed by atoms with Crippen LogP contribution >= 0.6 is 11.6 Å². The number of hydrogen-bond donors (Lipinski definition) is 3. The highest BCUT2D eigenvalue weighted by Crippen LogP contribution is 2.38. The number of amides is 1. The third kappa shape index (κ3) is 6.27. The maximum Gasteiger partial charge on any atom is 0.253 e. The SMILES string of the molecule is CCOc1ccc(Cc2cc([C@]3(O)C[C@@H](O)[C@H](O)[C@@H](COc4cccc(C(=O)N5CCC5)c4)O3)ccc2Cl)cc1. The van der Waals surface area contributed by atoms with E-state index in [1.807, 2.05) is 31.2 Å². The molecule has 0 radical (unpaired) electrons. The molecule has 2 saturated heterocycles. The topological polar surface area (TPSA) is 109 Å². The average Bonchev–Trinajstić information content (AvgIpc) is 2.91. The fraction of sp³-hybridized carbons (Fsp3) is 0.387. The van der Waals surface area contributed by atoms with Gasteiger partial charge in [0, 0.05) is 35.7 Å². The first-order chi connectivity index (χ1) is 19.3. The summed E-state index contributed by atoms with van der Waals surface area (Å²) in [5.41, 5.74) is 2.71. The van der Waals surface area contributed by atoms with E-state index < -0.39 is 24.1 Å². The highest BCUT2D eigenvalue weighted by Gasteiger charge is 2.46. The van der Waals surface area contributed by atoms with Crippen LogP contribution in [0.3, 0.4) is 0 Å². The summed E-state index contributed by atoms with van der Waals surface area (Å²) in [5.74, 6) is -0.722. The molecule has 0 saturated carbocycles. The lowest BCUT2D eigenvalue weighted by atomic mass is 9.89. The molecule has 5 rings (SSSR count). The first-order valence-corrected chi connectivity index (χ1v) is 13.9. The van der Waals surface area contributed by atoms with Crippen molar-refractivity contribution in [2.45, 2.75) is 50.3 Å². The van der Waals surface area contributed by atoms with Gasteiger partial charge in [0.25, 0.3) is 5.91 Å². The van der Waals surface area contributed by atoms with E-state index >= 15 is 0 Å². The molecule has 4 atom stereocenters. The van der Waals surface area contributed by atoms with E-state index in [0.29, 0.717) is 34.9 Å². The number of carbonyl (C=O) groups excluding carboxylic acids is 1. The van der Waals surface area contributed by atoms with Crippen LogP contribution in [-0.4, -0.2) is 70.7 Å². The van der Waals surface area contributed by atoms with Crippen LogP contribution in [-0.2, 0) is 16.9 Å². The van der Waals surface area contributed by atoms with Crippen LogP contribution in [0.5, 0.6) is 11.5 Å². The number of aliphatic hydroxyl groups excluding tert-OH is 2. The van der Waals surface area contributed by atoms with Crippen LogP contribution in [0.25, 0.3) is 0 Å². The van der Waals surface area contributed by atoms with E-state index in [2.05, 4.69) is 0 Å². The number of ether oxygens (including phenoxy) is 3. The Balaban J connectivity index is 1.29. The molecule has 2 fully saturated rings. The van der Waals surface area contributed by atoms with Gasteiger partial charge in [-0.05, 0) is 73.4 Å². The molecule has 0 aromatic heterocycles. The maximum atomic E-state index is 12.6. The molecule has 0 aliphatic carbocycles. The molecule has 0 bridgehead atoms. The fourth-order valence-electron chi connectivity index (χ4n) is 4.98. The van der Waals surface area contributed by atoms with Crippen molar-refractivity contribution < 1.29 is 34.3 Å². The Hall–Kier alpha value is -3.14. The van der Waals surface area contributed by atoms with Gasteiger partial charge in [0.05, 0.1) is 12.7 Å². The van der Waals surface area contributed by atoms with Crippen LogP contribution in [0, 0.1) is 0 Å². The lowest BCUT2D eigenvalue weighted by Gasteiger charge is -2.42. The number of nitrogens with zero attached hydrogens (tertiary/aromatic N) is 1. The first kappa shape index (κ1) is 28.4. The van der Waals surface area contributed by atoms with Crippen LogP contribution in [0.15, 0.2) is 66.7 Å². The molecule has 8 nitrogen and oxygen atoms in total. The van der Waals surface area contributed by atoms with E-state index in [9.17, 15) is 20.1 Å². The zero-order chi connectivity index (χ0) is 28.3. The van der Waals surface area contributed by atoms with Gasteiger partial charge in [0.1, 0.15) is 30.3 Å². The number of hydrogen-bond acceptors (Lipinski definition) is 7. The van der Waals surface area contributed by atoms with Gasteiger partial charge in [0.15, 0.2) is 5.79 Å². The van der Waals surface area contributed by atoms with Crippen molar-refractivity contribution in [2.75, 3.05) is 26.3 Å². The second-order valence-electron chi connectivity index (χ2n) is 10.2. The summed E-state index contributed by atoms with van der Waals surface area (Å²) < 4.78 is 17.3. The van der Waals surface area contributed by atoms with Gasteiger partial charge in [-0.25, -0.2) is 0 Å². The fourth-order valence-corrected chi connectivity index (χ4v) is 5.17. The van der Waals surface area contributed by atoms with E-state index in [0.717, 1.165) is 36.4 Å². The molecule has 1 amide bonds. The molecule has 0 unspecified atom stereocenters. The summed E-state index contributed by atoms with van der Waals surface area (Å²) in [4.78, 5) is 14.3. The molecule has 9 heteroatoms. The number of aliphatic hydroxyl groups is 3. The minimum Gasteiger partial charge on any atom is -0.494 e. The summed E-state index contributed by atoms with van der Waals surface area (Å²) in [6.45, 7) is 3.86. The molecular formula is C31H34ClNO7. The predicted octanol–water partition coefficient (Wildman–Crippen LogP) is 3.91. The predicted molar refractivity (Wildman–Crippen MR) is 150 cm³/mol. The Morgan fingerprint density at radius 1 is 1.05 bits per heavy atom. The molecule has 3 aromatic rings. The molecule has 2 heterocycles. The van der Waals surface area contributed by atoms with Crippen molar-refractivity contribution in [3.8, 4) is 11.5 Å². The van der Waals surface area contributed by atoms with Crippen LogP contribution in [0.1, 0.15) is 46.8 Å². The Labute approximate surface area is 238 Å². The summed E-state index contributed by atoms with van der Waals surface area (Å²) in [6, 6.07) is 19.6. The quantitative estimate of drug-likeness (QED) is 0.360. The zero-order valence-corrected chi connectivity index (χ0v) is 23.1. The van der Waals surface area contributed by atoms with E-state index in [-0.39, 0.29) is 18.9 Å². The first-order valence-electron chi connectivity index (χ1n) is 13.5. The van der Waals surface area contributed by atoms with Gasteiger partial charge in [-0.2, -0.15) is 0 Å². The van der Waals surface area contributed by atoms with Crippen molar-refractivity contribution in [3.63, 3.8) is 0 Å². The molecule has 212 valence electrons. The second kappa shape index (κ2) is 12.2. The summed E-state index contributed by atoms with van der Waals surface area (Å²) in [6.07, 6.45) is -2.28. The monoisotopic (exact) mass is 567 g/mol. The molecular weight excluding hydrogens is 534 g/mol. The van der Waals surface area contributed by atoms with E-state index in [1.165, 1.54) is 0 Å². The van der Waals surface area contributed by atoms with Gasteiger partial charge < -0.3 is 34.4 Å². The Morgan fingerprint density at radius 3 is 2.52 bits per heavy atom.